The minimum absolute atomic E-state index is 0.507. The molecule has 0 amide bonds. The first-order valence-corrected chi connectivity index (χ1v) is 11.9. The molecule has 4 rings (SSSR count). The van der Waals surface area contributed by atoms with E-state index in [1.165, 1.54) is 42.6 Å². The maximum absolute atomic E-state index is 4.97. The Balaban J connectivity index is 1.34. The number of benzene rings is 1. The van der Waals surface area contributed by atoms with Crippen molar-refractivity contribution in [1.29, 1.82) is 0 Å². The van der Waals surface area contributed by atoms with Crippen LogP contribution in [0.2, 0.25) is 0 Å². The van der Waals surface area contributed by atoms with Crippen LogP contribution in [0.4, 0.5) is 0 Å². The van der Waals surface area contributed by atoms with Crippen molar-refractivity contribution in [3.05, 3.63) is 83.4 Å². The van der Waals surface area contributed by atoms with Gasteiger partial charge in [-0.3, -0.25) is 4.98 Å². The molecule has 1 aliphatic rings. The lowest BCUT2D eigenvalue weighted by Crippen LogP contribution is -2.35. The standard InChI is InChI=1S/C25H30N4S/c1-20-17-27-25(30-19-23-13-5-6-14-26-23)28-24(20)22-12-8-16-29(18-22)15-7-11-21-9-3-2-4-10-21/h2-6,9-10,13-14,17,22H,7-8,11-12,15-16,18-19H2,1H3/t22-/m0/s1. The van der Waals surface area contributed by atoms with Gasteiger partial charge in [0, 0.05) is 30.6 Å². The van der Waals surface area contributed by atoms with Gasteiger partial charge in [0.25, 0.3) is 0 Å². The monoisotopic (exact) mass is 418 g/mol. The molecule has 0 N–H and O–H groups in total. The highest BCUT2D eigenvalue weighted by molar-refractivity contribution is 7.98. The SMILES string of the molecule is Cc1cnc(SCc2ccccn2)nc1[C@H]1CCCN(CCCc2ccccc2)C1. The molecule has 1 saturated heterocycles. The number of aromatic nitrogens is 3. The summed E-state index contributed by atoms with van der Waals surface area (Å²) in [5, 5.41) is 0.863. The highest BCUT2D eigenvalue weighted by atomic mass is 32.2. The van der Waals surface area contributed by atoms with Gasteiger partial charge < -0.3 is 4.90 Å². The summed E-state index contributed by atoms with van der Waals surface area (Å²) in [6.07, 6.45) is 8.67. The molecular weight excluding hydrogens is 388 g/mol. The van der Waals surface area contributed by atoms with E-state index in [1.54, 1.807) is 11.8 Å². The fourth-order valence-electron chi connectivity index (χ4n) is 4.18. The Labute approximate surface area is 184 Å². The Bertz CT molecular complexity index is 917. The summed E-state index contributed by atoms with van der Waals surface area (Å²) >= 11 is 1.67. The maximum atomic E-state index is 4.97. The van der Waals surface area contributed by atoms with Gasteiger partial charge in [-0.25, -0.2) is 9.97 Å². The quantitative estimate of drug-likeness (QED) is 0.367. The molecule has 156 valence electrons. The van der Waals surface area contributed by atoms with Gasteiger partial charge >= 0.3 is 0 Å². The molecule has 5 heteroatoms. The molecule has 0 spiro atoms. The summed E-state index contributed by atoms with van der Waals surface area (Å²) in [5.41, 5.74) is 4.96. The fourth-order valence-corrected chi connectivity index (χ4v) is 4.91. The first-order chi connectivity index (χ1) is 14.8. The topological polar surface area (TPSA) is 41.9 Å². The molecule has 1 aliphatic heterocycles. The van der Waals surface area contributed by atoms with Crippen LogP contribution in [0.25, 0.3) is 0 Å². The van der Waals surface area contributed by atoms with Gasteiger partial charge in [0.2, 0.25) is 0 Å². The van der Waals surface area contributed by atoms with Crippen LogP contribution in [0.1, 0.15) is 47.7 Å². The van der Waals surface area contributed by atoms with Gasteiger partial charge in [-0.1, -0.05) is 48.2 Å². The molecule has 4 nitrogen and oxygen atoms in total. The average molecular weight is 419 g/mol. The van der Waals surface area contributed by atoms with E-state index in [1.807, 2.05) is 24.5 Å². The molecule has 0 radical (unpaired) electrons. The van der Waals surface area contributed by atoms with E-state index < -0.39 is 0 Å². The lowest BCUT2D eigenvalue weighted by molar-refractivity contribution is 0.203. The van der Waals surface area contributed by atoms with E-state index >= 15 is 0 Å². The van der Waals surface area contributed by atoms with Crippen LogP contribution in [0, 0.1) is 6.92 Å². The Morgan fingerprint density at radius 3 is 2.77 bits per heavy atom. The second-order valence-corrected chi connectivity index (χ2v) is 9.00. The van der Waals surface area contributed by atoms with Crippen LogP contribution in [-0.4, -0.2) is 39.5 Å². The van der Waals surface area contributed by atoms with Gasteiger partial charge in [0.05, 0.1) is 11.4 Å². The summed E-state index contributed by atoms with van der Waals surface area (Å²) in [4.78, 5) is 16.6. The van der Waals surface area contributed by atoms with E-state index in [4.69, 9.17) is 4.98 Å². The van der Waals surface area contributed by atoms with Crippen molar-refractivity contribution in [2.45, 2.75) is 49.4 Å². The van der Waals surface area contributed by atoms with Crippen LogP contribution in [0.3, 0.4) is 0 Å². The third-order valence-corrected chi connectivity index (χ3v) is 6.63. The van der Waals surface area contributed by atoms with Gasteiger partial charge in [-0.2, -0.15) is 0 Å². The number of nitrogens with zero attached hydrogens (tertiary/aromatic N) is 4. The van der Waals surface area contributed by atoms with Gasteiger partial charge in [-0.05, 0) is 69.0 Å². The summed E-state index contributed by atoms with van der Waals surface area (Å²) in [6.45, 7) is 5.63. The number of hydrogen-bond donors (Lipinski definition) is 0. The van der Waals surface area contributed by atoms with E-state index in [0.717, 1.165) is 36.1 Å². The van der Waals surface area contributed by atoms with Crippen molar-refractivity contribution in [2.75, 3.05) is 19.6 Å². The number of rotatable bonds is 8. The predicted octanol–water partition coefficient (Wildman–Crippen LogP) is 5.28. The zero-order valence-electron chi connectivity index (χ0n) is 17.7. The summed E-state index contributed by atoms with van der Waals surface area (Å²) in [5.74, 6) is 1.31. The first-order valence-electron chi connectivity index (χ1n) is 10.9. The first kappa shape index (κ1) is 21.0. The molecule has 0 unspecified atom stereocenters. The second-order valence-electron chi connectivity index (χ2n) is 8.06. The number of thioether (sulfide) groups is 1. The zero-order chi connectivity index (χ0) is 20.6. The van der Waals surface area contributed by atoms with Crippen molar-refractivity contribution in [1.82, 2.24) is 19.9 Å². The molecule has 0 aliphatic carbocycles. The van der Waals surface area contributed by atoms with E-state index in [9.17, 15) is 0 Å². The smallest absolute Gasteiger partial charge is 0.188 e. The van der Waals surface area contributed by atoms with Crippen molar-refractivity contribution in [3.8, 4) is 0 Å². The third kappa shape index (κ3) is 5.89. The molecule has 0 saturated carbocycles. The number of pyridine rings is 1. The Kier molecular flexibility index (Phi) is 7.49. The Hall–Kier alpha value is -2.24. The third-order valence-electron chi connectivity index (χ3n) is 5.74. The Morgan fingerprint density at radius 2 is 1.93 bits per heavy atom. The van der Waals surface area contributed by atoms with Crippen LogP contribution in [0.15, 0.2) is 66.1 Å². The van der Waals surface area contributed by atoms with Crippen LogP contribution < -0.4 is 0 Å². The fraction of sp³-hybridized carbons (Fsp3) is 0.400. The summed E-state index contributed by atoms with van der Waals surface area (Å²) < 4.78 is 0. The van der Waals surface area contributed by atoms with Crippen LogP contribution >= 0.6 is 11.8 Å². The van der Waals surface area contributed by atoms with Crippen molar-refractivity contribution < 1.29 is 0 Å². The molecule has 0 bridgehead atoms. The minimum atomic E-state index is 0.507. The van der Waals surface area contributed by atoms with E-state index in [0.29, 0.717) is 5.92 Å². The molecule has 1 atom stereocenters. The minimum Gasteiger partial charge on any atom is -0.303 e. The zero-order valence-corrected chi connectivity index (χ0v) is 18.5. The lowest BCUT2D eigenvalue weighted by atomic mass is 9.92. The van der Waals surface area contributed by atoms with E-state index in [-0.39, 0.29) is 0 Å². The van der Waals surface area contributed by atoms with E-state index in [2.05, 4.69) is 58.2 Å². The maximum Gasteiger partial charge on any atom is 0.188 e. The molecule has 1 fully saturated rings. The molecule has 2 aromatic heterocycles. The summed E-state index contributed by atoms with van der Waals surface area (Å²) in [6, 6.07) is 16.8. The van der Waals surface area contributed by atoms with Crippen LogP contribution in [0.5, 0.6) is 0 Å². The largest absolute Gasteiger partial charge is 0.303 e. The molecule has 1 aromatic carbocycles. The number of hydrogen-bond acceptors (Lipinski definition) is 5. The predicted molar refractivity (Wildman–Crippen MR) is 124 cm³/mol. The number of piperidine rings is 1. The second kappa shape index (κ2) is 10.7. The average Bonchev–Trinajstić information content (AvgIpc) is 2.80. The molecule has 3 aromatic rings. The van der Waals surface area contributed by atoms with Crippen molar-refractivity contribution in [3.63, 3.8) is 0 Å². The number of likely N-dealkylation sites (tertiary alicyclic amines) is 1. The Morgan fingerprint density at radius 1 is 1.07 bits per heavy atom. The van der Waals surface area contributed by atoms with Crippen LogP contribution in [-0.2, 0) is 12.2 Å². The highest BCUT2D eigenvalue weighted by Crippen LogP contribution is 2.29. The van der Waals surface area contributed by atoms with Gasteiger partial charge in [0.15, 0.2) is 5.16 Å². The molecule has 3 heterocycles. The molecular formula is C25H30N4S. The molecule has 30 heavy (non-hydrogen) atoms. The van der Waals surface area contributed by atoms with Gasteiger partial charge in [0.1, 0.15) is 0 Å². The summed E-state index contributed by atoms with van der Waals surface area (Å²) in [7, 11) is 0. The van der Waals surface area contributed by atoms with Crippen molar-refractivity contribution >= 4 is 11.8 Å². The highest BCUT2D eigenvalue weighted by Gasteiger charge is 2.24. The lowest BCUT2D eigenvalue weighted by Gasteiger charge is -2.33. The number of aryl methyl sites for hydroxylation is 2. The normalized spacial score (nSPS) is 17.2. The van der Waals surface area contributed by atoms with Gasteiger partial charge in [-0.15, -0.1) is 0 Å². The van der Waals surface area contributed by atoms with Crippen molar-refractivity contribution in [2.24, 2.45) is 0 Å².